The molecular formula is C20H22N2O5S. The Hall–Kier alpha value is -2.71. The van der Waals surface area contributed by atoms with Gasteiger partial charge < -0.3 is 9.47 Å². The van der Waals surface area contributed by atoms with Crippen LogP contribution in [0.2, 0.25) is 0 Å². The van der Waals surface area contributed by atoms with E-state index in [0.717, 1.165) is 11.1 Å². The van der Waals surface area contributed by atoms with E-state index in [0.29, 0.717) is 29.3 Å². The lowest BCUT2D eigenvalue weighted by atomic mass is 10.00. The Morgan fingerprint density at radius 2 is 1.25 bits per heavy atom. The second kappa shape index (κ2) is 7.73. The molecule has 0 saturated heterocycles. The van der Waals surface area contributed by atoms with Crippen LogP contribution < -0.4 is 9.47 Å². The molecule has 0 atom stereocenters. The summed E-state index contributed by atoms with van der Waals surface area (Å²) >= 11 is 0. The van der Waals surface area contributed by atoms with Crippen LogP contribution in [0.5, 0.6) is 11.5 Å². The number of rotatable bonds is 7. The van der Waals surface area contributed by atoms with Crippen molar-refractivity contribution >= 4 is 21.5 Å². The Morgan fingerprint density at radius 1 is 0.857 bits per heavy atom. The first-order valence-electron chi connectivity index (χ1n) is 8.73. The lowest BCUT2D eigenvalue weighted by Gasteiger charge is -2.19. The molecule has 0 amide bonds. The number of nitrogens with zero attached hydrogens (tertiary/aromatic N) is 2. The van der Waals surface area contributed by atoms with Crippen molar-refractivity contribution in [3.8, 4) is 11.5 Å². The molecule has 1 aliphatic rings. The van der Waals surface area contributed by atoms with Gasteiger partial charge >= 0.3 is 0 Å². The van der Waals surface area contributed by atoms with Gasteiger partial charge in [0.1, 0.15) is 17.3 Å². The molecule has 0 spiro atoms. The minimum Gasteiger partial charge on any atom is -0.497 e. The molecule has 7 nitrogen and oxygen atoms in total. The third-order valence-corrected chi connectivity index (χ3v) is 5.40. The molecule has 8 heteroatoms. The second-order valence-corrected chi connectivity index (χ2v) is 7.89. The maximum atomic E-state index is 11.6. The predicted molar refractivity (Wildman–Crippen MR) is 108 cm³/mol. The van der Waals surface area contributed by atoms with Crippen molar-refractivity contribution in [3.63, 3.8) is 0 Å². The van der Waals surface area contributed by atoms with Crippen molar-refractivity contribution in [2.24, 2.45) is 9.98 Å². The molecule has 2 aromatic carbocycles. The van der Waals surface area contributed by atoms with E-state index in [1.54, 1.807) is 45.4 Å². The SMILES string of the molecule is CCC1(CS(=O)(=O)O)N=C(c2ccc(OC)cc2)C(c2ccc(OC)cc2)=N1. The summed E-state index contributed by atoms with van der Waals surface area (Å²) in [7, 11) is -1.10. The van der Waals surface area contributed by atoms with E-state index >= 15 is 0 Å². The summed E-state index contributed by atoms with van der Waals surface area (Å²) in [6, 6.07) is 14.6. The number of benzene rings is 2. The Labute approximate surface area is 164 Å². The quantitative estimate of drug-likeness (QED) is 0.718. The first kappa shape index (κ1) is 20.0. The summed E-state index contributed by atoms with van der Waals surface area (Å²) in [5, 5.41) is 0. The summed E-state index contributed by atoms with van der Waals surface area (Å²) in [5.74, 6) is 0.824. The summed E-state index contributed by atoms with van der Waals surface area (Å²) in [6.07, 6.45) is 0.325. The smallest absolute Gasteiger partial charge is 0.269 e. The number of ether oxygens (including phenoxy) is 2. The first-order valence-corrected chi connectivity index (χ1v) is 10.3. The van der Waals surface area contributed by atoms with Gasteiger partial charge in [-0.25, -0.2) is 0 Å². The number of hydrogen-bond acceptors (Lipinski definition) is 6. The molecule has 2 aromatic rings. The third kappa shape index (κ3) is 4.23. The fourth-order valence-electron chi connectivity index (χ4n) is 3.06. The highest BCUT2D eigenvalue weighted by atomic mass is 32.2. The molecule has 1 aliphatic heterocycles. The largest absolute Gasteiger partial charge is 0.497 e. The Kier molecular flexibility index (Phi) is 5.53. The average molecular weight is 402 g/mol. The highest BCUT2D eigenvalue weighted by Gasteiger charge is 2.39. The van der Waals surface area contributed by atoms with E-state index in [2.05, 4.69) is 9.98 Å². The van der Waals surface area contributed by atoms with E-state index in [4.69, 9.17) is 9.47 Å². The van der Waals surface area contributed by atoms with E-state index in [1.807, 2.05) is 24.3 Å². The van der Waals surface area contributed by atoms with Gasteiger partial charge in [0.05, 0.1) is 25.6 Å². The fraction of sp³-hybridized carbons (Fsp3) is 0.300. The molecule has 1 N–H and O–H groups in total. The highest BCUT2D eigenvalue weighted by molar-refractivity contribution is 7.85. The Morgan fingerprint density at radius 3 is 1.54 bits per heavy atom. The lowest BCUT2D eigenvalue weighted by molar-refractivity contribution is 0.414. The van der Waals surface area contributed by atoms with Gasteiger partial charge in [0.15, 0.2) is 5.66 Å². The number of aliphatic imine (C=N–C) groups is 2. The zero-order valence-corrected chi connectivity index (χ0v) is 16.7. The maximum absolute atomic E-state index is 11.6. The standard InChI is InChI=1S/C20H22N2O5S/c1-4-20(13-28(23,24)25)21-18(14-5-9-16(26-2)10-6-14)19(22-20)15-7-11-17(27-3)12-8-15/h5-12H,4,13H2,1-3H3,(H,23,24,25). The minimum atomic E-state index is -4.26. The first-order chi connectivity index (χ1) is 13.3. The van der Waals surface area contributed by atoms with E-state index in [-0.39, 0.29) is 0 Å². The summed E-state index contributed by atoms with van der Waals surface area (Å²) in [6.45, 7) is 1.79. The monoisotopic (exact) mass is 402 g/mol. The van der Waals surface area contributed by atoms with Crippen molar-refractivity contribution in [2.45, 2.75) is 19.0 Å². The van der Waals surface area contributed by atoms with Gasteiger partial charge in [-0.3, -0.25) is 14.5 Å². The molecule has 0 saturated carbocycles. The van der Waals surface area contributed by atoms with Crippen LogP contribution in [0.4, 0.5) is 0 Å². The van der Waals surface area contributed by atoms with Crippen LogP contribution in [0.25, 0.3) is 0 Å². The van der Waals surface area contributed by atoms with Gasteiger partial charge in [-0.15, -0.1) is 0 Å². The molecule has 0 fully saturated rings. The maximum Gasteiger partial charge on any atom is 0.269 e. The third-order valence-electron chi connectivity index (χ3n) is 4.57. The summed E-state index contributed by atoms with van der Waals surface area (Å²) in [5.41, 5.74) is 1.43. The normalized spacial score (nSPS) is 15.7. The molecular weight excluding hydrogens is 380 g/mol. The molecule has 0 aromatic heterocycles. The molecule has 28 heavy (non-hydrogen) atoms. The Bertz CT molecular complexity index is 946. The highest BCUT2D eigenvalue weighted by Crippen LogP contribution is 2.31. The van der Waals surface area contributed by atoms with Crippen molar-refractivity contribution in [1.82, 2.24) is 0 Å². The second-order valence-electron chi connectivity index (χ2n) is 6.44. The number of hydrogen-bond donors (Lipinski definition) is 1. The van der Waals surface area contributed by atoms with Crippen molar-refractivity contribution in [1.29, 1.82) is 0 Å². The average Bonchev–Trinajstić information content (AvgIpc) is 3.06. The van der Waals surface area contributed by atoms with Crippen molar-refractivity contribution in [2.75, 3.05) is 20.0 Å². The van der Waals surface area contributed by atoms with Crippen LogP contribution in [0.1, 0.15) is 24.5 Å². The fourth-order valence-corrected chi connectivity index (χ4v) is 3.98. The van der Waals surface area contributed by atoms with Crippen LogP contribution in [0.3, 0.4) is 0 Å². The molecule has 3 rings (SSSR count). The molecule has 1 heterocycles. The van der Waals surface area contributed by atoms with Crippen LogP contribution >= 0.6 is 0 Å². The summed E-state index contributed by atoms with van der Waals surface area (Å²) < 4.78 is 43.0. The molecule has 0 aliphatic carbocycles. The molecule has 0 radical (unpaired) electrons. The minimum absolute atomic E-state index is 0.325. The number of methoxy groups -OCH3 is 2. The summed E-state index contributed by atoms with van der Waals surface area (Å²) in [4.78, 5) is 9.30. The van der Waals surface area contributed by atoms with Gasteiger partial charge in [0.25, 0.3) is 10.1 Å². The topological polar surface area (TPSA) is 97.6 Å². The molecule has 0 unspecified atom stereocenters. The van der Waals surface area contributed by atoms with Crippen molar-refractivity contribution in [3.05, 3.63) is 59.7 Å². The van der Waals surface area contributed by atoms with Gasteiger partial charge in [0, 0.05) is 11.1 Å². The predicted octanol–water partition coefficient (Wildman–Crippen LogP) is 2.99. The van der Waals surface area contributed by atoms with Gasteiger partial charge in [-0.05, 0) is 55.0 Å². The van der Waals surface area contributed by atoms with Crippen LogP contribution in [0, 0.1) is 0 Å². The van der Waals surface area contributed by atoms with E-state index in [9.17, 15) is 13.0 Å². The molecule has 148 valence electrons. The van der Waals surface area contributed by atoms with Gasteiger partial charge in [-0.1, -0.05) is 6.92 Å². The van der Waals surface area contributed by atoms with Crippen LogP contribution in [-0.2, 0) is 10.1 Å². The van der Waals surface area contributed by atoms with Crippen molar-refractivity contribution < 1.29 is 22.4 Å². The van der Waals surface area contributed by atoms with Crippen LogP contribution in [-0.4, -0.2) is 50.0 Å². The van der Waals surface area contributed by atoms with Crippen LogP contribution in [0.15, 0.2) is 58.5 Å². The Balaban J connectivity index is 2.13. The van der Waals surface area contributed by atoms with Gasteiger partial charge in [0.2, 0.25) is 0 Å². The molecule has 0 bridgehead atoms. The zero-order valence-electron chi connectivity index (χ0n) is 15.9. The van der Waals surface area contributed by atoms with E-state index in [1.165, 1.54) is 0 Å². The lowest BCUT2D eigenvalue weighted by Crippen LogP contribution is -2.31. The van der Waals surface area contributed by atoms with Gasteiger partial charge in [-0.2, -0.15) is 8.42 Å². The zero-order chi connectivity index (χ0) is 20.4. The van der Waals surface area contributed by atoms with E-state index < -0.39 is 21.5 Å².